The third kappa shape index (κ3) is 7.21. The number of halogens is 2. The van der Waals surface area contributed by atoms with Crippen LogP contribution in [0.4, 0.5) is 8.78 Å². The highest BCUT2D eigenvalue weighted by Crippen LogP contribution is 2.36. The molecule has 0 bridgehead atoms. The Labute approximate surface area is 266 Å². The van der Waals surface area contributed by atoms with Crippen LogP contribution in [-0.2, 0) is 15.9 Å². The first-order valence-electron chi connectivity index (χ1n) is 15.3. The molecule has 3 aliphatic heterocycles. The van der Waals surface area contributed by atoms with Gasteiger partial charge in [0.25, 0.3) is 0 Å². The van der Waals surface area contributed by atoms with E-state index in [2.05, 4.69) is 4.90 Å². The molecule has 0 radical (unpaired) electrons. The lowest BCUT2D eigenvalue weighted by Crippen LogP contribution is -2.52. The van der Waals surface area contributed by atoms with Crippen molar-refractivity contribution in [2.45, 2.75) is 73.4 Å². The van der Waals surface area contributed by atoms with Gasteiger partial charge in [-0.15, -0.1) is 11.8 Å². The maximum atomic E-state index is 14.3. The van der Waals surface area contributed by atoms with Crippen LogP contribution in [0.2, 0.25) is 0 Å². The third-order valence-electron chi connectivity index (χ3n) is 9.07. The van der Waals surface area contributed by atoms with E-state index in [1.165, 1.54) is 17.8 Å². The van der Waals surface area contributed by atoms with Crippen LogP contribution in [0.3, 0.4) is 0 Å². The van der Waals surface area contributed by atoms with Crippen molar-refractivity contribution >= 4 is 11.8 Å². The fourth-order valence-electron chi connectivity index (χ4n) is 6.65. The molecular formula is C34H40F2N2O6S. The first kappa shape index (κ1) is 32.3. The van der Waals surface area contributed by atoms with Crippen LogP contribution in [-0.4, -0.2) is 88.1 Å². The average molecular weight is 643 g/mol. The Morgan fingerprint density at radius 1 is 0.956 bits per heavy atom. The monoisotopic (exact) mass is 642 g/mol. The summed E-state index contributed by atoms with van der Waals surface area (Å²) < 4.78 is 46.2. The summed E-state index contributed by atoms with van der Waals surface area (Å²) in [6.07, 6.45) is -1.14. The molecule has 3 saturated heterocycles. The Balaban J connectivity index is 1.01. The van der Waals surface area contributed by atoms with Gasteiger partial charge in [0.1, 0.15) is 59.4 Å². The Morgan fingerprint density at radius 2 is 1.76 bits per heavy atom. The second-order valence-electron chi connectivity index (χ2n) is 12.2. The average Bonchev–Trinajstić information content (AvgIpc) is 3.51. The van der Waals surface area contributed by atoms with Crippen molar-refractivity contribution in [1.29, 1.82) is 0 Å². The summed E-state index contributed by atoms with van der Waals surface area (Å²) in [7, 11) is 0. The highest BCUT2D eigenvalue weighted by atomic mass is 32.2. The number of hydrogen-bond acceptors (Lipinski definition) is 9. The number of likely N-dealkylation sites (tertiary alicyclic amines) is 1. The van der Waals surface area contributed by atoms with Crippen molar-refractivity contribution < 1.29 is 38.3 Å². The number of ether oxygens (including phenoxy) is 3. The van der Waals surface area contributed by atoms with Gasteiger partial charge >= 0.3 is 0 Å². The summed E-state index contributed by atoms with van der Waals surface area (Å²) in [6.45, 7) is 1.96. The molecule has 6 rings (SSSR count). The minimum Gasteiger partial charge on any atom is -0.489 e. The van der Waals surface area contributed by atoms with Crippen LogP contribution in [0.1, 0.15) is 47.3 Å². The molecule has 3 heterocycles. The highest BCUT2D eigenvalue weighted by Gasteiger charge is 2.44. The van der Waals surface area contributed by atoms with Crippen LogP contribution < -0.4 is 10.5 Å². The minimum absolute atomic E-state index is 0.0167. The summed E-state index contributed by atoms with van der Waals surface area (Å²) in [5, 5.41) is 31.1. The third-order valence-corrected chi connectivity index (χ3v) is 9.93. The predicted octanol–water partition coefficient (Wildman–Crippen LogP) is 3.71. The highest BCUT2D eigenvalue weighted by molar-refractivity contribution is 7.99. The number of aliphatic hydroxyl groups excluding tert-OH is 3. The van der Waals surface area contributed by atoms with E-state index >= 15 is 0 Å². The summed E-state index contributed by atoms with van der Waals surface area (Å²) in [6, 6.07) is 18.7. The van der Waals surface area contributed by atoms with Crippen LogP contribution >= 0.6 is 11.8 Å². The molecule has 0 unspecified atom stereocenters. The molecule has 3 aromatic rings. The second kappa shape index (κ2) is 14.0. The molecule has 45 heavy (non-hydrogen) atoms. The van der Waals surface area contributed by atoms with Crippen molar-refractivity contribution in [2.75, 3.05) is 26.0 Å². The SMILES string of the molecule is CS[C@H]1O[C@@H](c2cccc(Cc3ccc(O[C@@H]4CCN([C@H]5CO[C@H](c6cc(F)ccc6F)[C@@H](N)C5)C4)cc3)c2)[C@H](O)[C@@H](O)[C@@H]1O. The van der Waals surface area contributed by atoms with Gasteiger partial charge in [-0.3, -0.25) is 4.90 Å². The number of rotatable bonds is 8. The van der Waals surface area contributed by atoms with Gasteiger partial charge in [-0.05, 0) is 72.5 Å². The number of hydrogen-bond donors (Lipinski definition) is 4. The van der Waals surface area contributed by atoms with Crippen molar-refractivity contribution in [3.05, 3.63) is 101 Å². The number of thioether (sulfide) groups is 1. The minimum atomic E-state index is -1.29. The van der Waals surface area contributed by atoms with E-state index in [1.807, 2.05) is 48.5 Å². The van der Waals surface area contributed by atoms with Crippen LogP contribution in [0.25, 0.3) is 0 Å². The Kier molecular flexibility index (Phi) is 10.1. The molecule has 0 spiro atoms. The molecule has 3 fully saturated rings. The lowest BCUT2D eigenvalue weighted by Gasteiger charge is -2.40. The molecular weight excluding hydrogens is 602 g/mol. The fourth-order valence-corrected chi connectivity index (χ4v) is 7.32. The molecule has 3 aliphatic rings. The number of nitrogens with two attached hydrogens (primary N) is 1. The van der Waals surface area contributed by atoms with E-state index in [9.17, 15) is 24.1 Å². The van der Waals surface area contributed by atoms with Gasteiger partial charge in [-0.2, -0.15) is 0 Å². The molecule has 8 nitrogen and oxygen atoms in total. The van der Waals surface area contributed by atoms with E-state index < -0.39 is 53.6 Å². The van der Waals surface area contributed by atoms with E-state index in [4.69, 9.17) is 19.9 Å². The van der Waals surface area contributed by atoms with E-state index in [1.54, 1.807) is 6.26 Å². The Hall–Kier alpha value is -2.61. The molecule has 0 amide bonds. The largest absolute Gasteiger partial charge is 0.489 e. The maximum absolute atomic E-state index is 14.3. The number of aliphatic hydroxyl groups is 3. The van der Waals surface area contributed by atoms with E-state index in [-0.39, 0.29) is 17.7 Å². The number of benzene rings is 3. The predicted molar refractivity (Wildman–Crippen MR) is 167 cm³/mol. The Morgan fingerprint density at radius 3 is 2.51 bits per heavy atom. The van der Waals surface area contributed by atoms with Gasteiger partial charge in [0.2, 0.25) is 0 Å². The molecule has 9 atom stereocenters. The van der Waals surface area contributed by atoms with Gasteiger partial charge in [-0.25, -0.2) is 8.78 Å². The van der Waals surface area contributed by atoms with Gasteiger partial charge in [-0.1, -0.05) is 36.4 Å². The summed E-state index contributed by atoms with van der Waals surface area (Å²) >= 11 is 1.29. The molecule has 242 valence electrons. The molecule has 0 aromatic heterocycles. The zero-order chi connectivity index (χ0) is 31.7. The number of nitrogens with zero attached hydrogens (tertiary/aromatic N) is 1. The van der Waals surface area contributed by atoms with Crippen molar-refractivity contribution in [3.63, 3.8) is 0 Å². The summed E-state index contributed by atoms with van der Waals surface area (Å²) in [5.41, 5.74) is 8.78. The maximum Gasteiger partial charge on any atom is 0.132 e. The van der Waals surface area contributed by atoms with Gasteiger partial charge in [0, 0.05) is 30.7 Å². The van der Waals surface area contributed by atoms with Crippen molar-refractivity contribution in [1.82, 2.24) is 4.90 Å². The molecule has 0 saturated carbocycles. The normalized spacial score (nSPS) is 32.5. The second-order valence-corrected chi connectivity index (χ2v) is 13.1. The van der Waals surface area contributed by atoms with E-state index in [0.29, 0.717) is 19.4 Å². The molecule has 5 N–H and O–H groups in total. The van der Waals surface area contributed by atoms with Crippen molar-refractivity contribution in [2.24, 2.45) is 5.73 Å². The zero-order valence-electron chi connectivity index (χ0n) is 25.0. The quantitative estimate of drug-likeness (QED) is 0.292. The van der Waals surface area contributed by atoms with E-state index in [0.717, 1.165) is 54.1 Å². The summed E-state index contributed by atoms with van der Waals surface area (Å²) in [5.74, 6) is -0.235. The smallest absolute Gasteiger partial charge is 0.132 e. The first-order valence-corrected chi connectivity index (χ1v) is 16.6. The van der Waals surface area contributed by atoms with Crippen LogP contribution in [0.5, 0.6) is 5.75 Å². The fraction of sp³-hybridized carbons (Fsp3) is 0.471. The topological polar surface area (TPSA) is 118 Å². The first-order chi connectivity index (χ1) is 21.7. The molecule has 3 aromatic carbocycles. The van der Waals surface area contributed by atoms with Crippen LogP contribution in [0, 0.1) is 11.6 Å². The lowest BCUT2D eigenvalue weighted by atomic mass is 9.92. The molecule has 11 heteroatoms. The summed E-state index contributed by atoms with van der Waals surface area (Å²) in [4.78, 5) is 2.30. The van der Waals surface area contributed by atoms with Crippen LogP contribution in [0.15, 0.2) is 66.7 Å². The standard InChI is InChI=1S/C34H40F2N2O6S/c1-45-34-31(41)29(39)30(40)32(44-34)21-4-2-3-20(14-21)13-19-5-8-24(9-6-19)43-25-11-12-38(17-25)23-16-28(37)33(42-18-23)26-15-22(35)7-10-27(26)36/h2-10,14-15,23,25,28-34,39-41H,11-13,16-18,37H2,1H3/t23-,25-,28+,29-,30-,31+,32+,33-,34-/m1/s1. The van der Waals surface area contributed by atoms with Gasteiger partial charge < -0.3 is 35.3 Å². The Bertz CT molecular complexity index is 1450. The lowest BCUT2D eigenvalue weighted by molar-refractivity contribution is -0.200. The van der Waals surface area contributed by atoms with Crippen molar-refractivity contribution in [3.8, 4) is 5.75 Å². The molecule has 0 aliphatic carbocycles. The zero-order valence-corrected chi connectivity index (χ0v) is 25.9. The van der Waals surface area contributed by atoms with Gasteiger partial charge in [0.15, 0.2) is 0 Å². The van der Waals surface area contributed by atoms with Gasteiger partial charge in [0.05, 0.1) is 6.61 Å².